The first kappa shape index (κ1) is 20.9. The summed E-state index contributed by atoms with van der Waals surface area (Å²) >= 11 is 2.27. The third-order valence-electron chi connectivity index (χ3n) is 4.90. The van der Waals surface area contributed by atoms with E-state index in [0.29, 0.717) is 27.9 Å². The third kappa shape index (κ3) is 3.86. The Morgan fingerprint density at radius 1 is 1.33 bits per heavy atom. The van der Waals surface area contributed by atoms with Crippen molar-refractivity contribution in [1.29, 1.82) is 0 Å². The maximum atomic E-state index is 13.6. The monoisotopic (exact) mass is 463 g/mol. The van der Waals surface area contributed by atoms with Crippen LogP contribution in [0.2, 0.25) is 0 Å². The van der Waals surface area contributed by atoms with Crippen LogP contribution in [0.25, 0.3) is 10.2 Å². The summed E-state index contributed by atoms with van der Waals surface area (Å²) in [7, 11) is -3.77. The largest absolute Gasteiger partial charge is 0.305 e. The molecule has 10 heteroatoms. The van der Waals surface area contributed by atoms with Crippen LogP contribution < -0.4 is 4.80 Å². The van der Waals surface area contributed by atoms with Gasteiger partial charge in [0.25, 0.3) is 15.9 Å². The first-order valence-electron chi connectivity index (χ1n) is 9.28. The maximum absolute atomic E-state index is 13.6. The molecule has 1 fully saturated rings. The number of carbonyl (C=O) groups is 1. The molecule has 1 amide bonds. The van der Waals surface area contributed by atoms with Gasteiger partial charge < -0.3 is 4.57 Å². The zero-order chi connectivity index (χ0) is 21.3. The Hall–Kier alpha value is -2.32. The van der Waals surface area contributed by atoms with Gasteiger partial charge in [-0.3, -0.25) is 4.79 Å². The minimum Gasteiger partial charge on any atom is -0.305 e. The Morgan fingerprint density at radius 3 is 2.90 bits per heavy atom. The molecule has 1 atom stereocenters. The highest BCUT2D eigenvalue weighted by molar-refractivity contribution is 7.91. The second-order valence-electron chi connectivity index (χ2n) is 6.80. The van der Waals surface area contributed by atoms with E-state index in [1.54, 1.807) is 22.1 Å². The van der Waals surface area contributed by atoms with Crippen molar-refractivity contribution >= 4 is 48.8 Å². The molecule has 0 radical (unpaired) electrons. The summed E-state index contributed by atoms with van der Waals surface area (Å²) < 4.78 is 43.4. The number of aromatic nitrogens is 1. The molecule has 3 heterocycles. The molecular weight excluding hydrogens is 445 g/mol. The van der Waals surface area contributed by atoms with E-state index in [1.165, 1.54) is 22.5 Å². The van der Waals surface area contributed by atoms with Gasteiger partial charge in [0.1, 0.15) is 16.1 Å². The molecular formula is C20H18FN3O3S3. The molecule has 1 saturated heterocycles. The Balaban J connectivity index is 1.76. The van der Waals surface area contributed by atoms with Gasteiger partial charge in [-0.1, -0.05) is 29.7 Å². The number of benzene rings is 1. The van der Waals surface area contributed by atoms with E-state index in [-0.39, 0.29) is 17.3 Å². The van der Waals surface area contributed by atoms with Gasteiger partial charge >= 0.3 is 0 Å². The summed E-state index contributed by atoms with van der Waals surface area (Å²) in [5.74, 6) is 1.59. The van der Waals surface area contributed by atoms with Crippen LogP contribution >= 0.6 is 22.7 Å². The van der Waals surface area contributed by atoms with E-state index < -0.39 is 27.8 Å². The van der Waals surface area contributed by atoms with Crippen molar-refractivity contribution < 1.29 is 17.6 Å². The number of hydrogen-bond donors (Lipinski definition) is 0. The van der Waals surface area contributed by atoms with Gasteiger partial charge in [0.05, 0.1) is 16.8 Å². The second kappa shape index (κ2) is 8.43. The number of sulfonamides is 1. The number of halogens is 1. The smallest absolute Gasteiger partial charge is 0.266 e. The van der Waals surface area contributed by atoms with Gasteiger partial charge in [0, 0.05) is 6.54 Å². The molecule has 0 spiro atoms. The fraction of sp³-hybridized carbons (Fsp3) is 0.300. The van der Waals surface area contributed by atoms with Gasteiger partial charge in [-0.05, 0) is 42.5 Å². The number of piperidine rings is 1. The van der Waals surface area contributed by atoms with Gasteiger partial charge in [0.15, 0.2) is 4.80 Å². The highest BCUT2D eigenvalue weighted by Crippen LogP contribution is 2.28. The molecule has 0 N–H and O–H groups in total. The predicted molar refractivity (Wildman–Crippen MR) is 115 cm³/mol. The van der Waals surface area contributed by atoms with Crippen LogP contribution in [0.4, 0.5) is 4.39 Å². The normalized spacial score (nSPS) is 18.5. The molecule has 156 valence electrons. The average Bonchev–Trinajstić information content (AvgIpc) is 3.37. The second-order valence-corrected chi connectivity index (χ2v) is 10.9. The molecule has 0 aliphatic carbocycles. The summed E-state index contributed by atoms with van der Waals surface area (Å²) in [6, 6.07) is 6.62. The third-order valence-corrected chi connectivity index (χ3v) is 9.22. The zero-order valence-electron chi connectivity index (χ0n) is 15.8. The first-order chi connectivity index (χ1) is 14.4. The van der Waals surface area contributed by atoms with E-state index >= 15 is 0 Å². The Bertz CT molecular complexity index is 1300. The predicted octanol–water partition coefficient (Wildman–Crippen LogP) is 3.21. The fourth-order valence-corrected chi connectivity index (χ4v) is 7.34. The fourth-order valence-electron chi connectivity index (χ4n) is 3.51. The van der Waals surface area contributed by atoms with E-state index in [0.717, 1.165) is 29.1 Å². The van der Waals surface area contributed by atoms with Crippen LogP contribution in [0.1, 0.15) is 19.3 Å². The molecule has 1 unspecified atom stereocenters. The number of hydrogen-bond acceptors (Lipinski definition) is 5. The van der Waals surface area contributed by atoms with Gasteiger partial charge in [-0.2, -0.15) is 9.30 Å². The minimum absolute atomic E-state index is 0.166. The van der Waals surface area contributed by atoms with Crippen LogP contribution in [-0.2, 0) is 21.4 Å². The molecule has 1 aliphatic rings. The number of carbonyl (C=O) groups excluding carboxylic acids is 1. The number of nitrogens with zero attached hydrogens (tertiary/aromatic N) is 3. The summed E-state index contributed by atoms with van der Waals surface area (Å²) in [4.78, 5) is 17.7. The number of terminal acetylenes is 1. The van der Waals surface area contributed by atoms with Gasteiger partial charge in [0.2, 0.25) is 0 Å². The molecule has 1 aliphatic heterocycles. The summed E-state index contributed by atoms with van der Waals surface area (Å²) in [6.07, 6.45) is 7.30. The number of rotatable bonds is 4. The number of thiazole rings is 1. The first-order valence-corrected chi connectivity index (χ1v) is 12.4. The lowest BCUT2D eigenvalue weighted by molar-refractivity contribution is -0.122. The van der Waals surface area contributed by atoms with Crippen molar-refractivity contribution in [2.75, 3.05) is 6.54 Å². The van der Waals surface area contributed by atoms with Crippen molar-refractivity contribution in [3.63, 3.8) is 0 Å². The molecule has 4 rings (SSSR count). The average molecular weight is 464 g/mol. The van der Waals surface area contributed by atoms with Crippen molar-refractivity contribution in [1.82, 2.24) is 8.87 Å². The van der Waals surface area contributed by atoms with Crippen LogP contribution in [0.3, 0.4) is 0 Å². The van der Waals surface area contributed by atoms with Crippen molar-refractivity contribution in [3.05, 3.63) is 46.3 Å². The summed E-state index contributed by atoms with van der Waals surface area (Å²) in [5, 5.41) is 1.69. The highest BCUT2D eigenvalue weighted by atomic mass is 32.2. The van der Waals surface area contributed by atoms with Gasteiger partial charge in [-0.15, -0.1) is 17.8 Å². The molecule has 0 bridgehead atoms. The minimum atomic E-state index is -3.77. The Labute approximate surface area is 181 Å². The number of amides is 1. The lowest BCUT2D eigenvalue weighted by Gasteiger charge is -2.31. The Morgan fingerprint density at radius 2 is 2.17 bits per heavy atom. The van der Waals surface area contributed by atoms with Crippen molar-refractivity contribution in [3.8, 4) is 12.3 Å². The lowest BCUT2D eigenvalue weighted by Crippen LogP contribution is -2.47. The molecule has 1 aromatic carbocycles. The Kier molecular flexibility index (Phi) is 5.88. The quantitative estimate of drug-likeness (QED) is 0.558. The molecule has 3 aromatic rings. The van der Waals surface area contributed by atoms with Crippen LogP contribution in [0, 0.1) is 18.2 Å². The topological polar surface area (TPSA) is 71.7 Å². The standard InChI is InChI=1S/C20H18FN3O3S3/c1-2-10-23-15-9-8-14(21)13-17(15)29-20(23)22-19(25)16-6-3-4-11-24(16)30(26,27)18-7-5-12-28-18/h1,5,7-9,12-13,16H,3-4,6,10-11H2. The maximum Gasteiger partial charge on any atom is 0.266 e. The lowest BCUT2D eigenvalue weighted by atomic mass is 10.0. The van der Waals surface area contributed by atoms with Crippen molar-refractivity contribution in [2.24, 2.45) is 4.99 Å². The number of fused-ring (bicyclic) bond motifs is 1. The van der Waals surface area contributed by atoms with Gasteiger partial charge in [-0.25, -0.2) is 12.8 Å². The van der Waals surface area contributed by atoms with E-state index in [2.05, 4.69) is 10.9 Å². The molecule has 2 aromatic heterocycles. The highest BCUT2D eigenvalue weighted by Gasteiger charge is 2.38. The molecule has 30 heavy (non-hydrogen) atoms. The van der Waals surface area contributed by atoms with Crippen molar-refractivity contribution in [2.45, 2.75) is 36.1 Å². The summed E-state index contributed by atoms with van der Waals surface area (Å²) in [5.41, 5.74) is 0.678. The molecule has 6 nitrogen and oxygen atoms in total. The molecule has 0 saturated carbocycles. The van der Waals surface area contributed by atoms with E-state index in [4.69, 9.17) is 6.42 Å². The van der Waals surface area contributed by atoms with Crippen LogP contribution in [-0.4, -0.2) is 35.8 Å². The van der Waals surface area contributed by atoms with Crippen LogP contribution in [0.5, 0.6) is 0 Å². The summed E-state index contributed by atoms with van der Waals surface area (Å²) in [6.45, 7) is 0.438. The van der Waals surface area contributed by atoms with Crippen LogP contribution in [0.15, 0.2) is 44.9 Å². The van der Waals surface area contributed by atoms with E-state index in [1.807, 2.05) is 0 Å². The zero-order valence-corrected chi connectivity index (χ0v) is 18.3. The number of thiophene rings is 1. The SMILES string of the molecule is C#CCn1c(=NC(=O)C2CCCCN2S(=O)(=O)c2cccs2)sc2cc(F)ccc21. The van der Waals surface area contributed by atoms with E-state index in [9.17, 15) is 17.6 Å².